The monoisotopic (exact) mass is 173 g/mol. The lowest BCUT2D eigenvalue weighted by molar-refractivity contribution is -0.171. The van der Waals surface area contributed by atoms with Crippen LogP contribution in [0.15, 0.2) is 0 Å². The number of hydroxylamine groups is 2. The molecule has 0 heterocycles. The van der Waals surface area contributed by atoms with Gasteiger partial charge >= 0.3 is 5.97 Å². The molecule has 0 bridgehead atoms. The Balaban J connectivity index is 2.43. The normalized spacial score (nSPS) is 26.5. The van der Waals surface area contributed by atoms with E-state index in [-0.39, 0.29) is 11.8 Å². The third-order valence-electron chi connectivity index (χ3n) is 2.01. The molecule has 1 aliphatic rings. The van der Waals surface area contributed by atoms with Gasteiger partial charge in [-0.15, -0.1) is 0 Å². The summed E-state index contributed by atoms with van der Waals surface area (Å²) in [5.74, 6) is -2.05. The van der Waals surface area contributed by atoms with Gasteiger partial charge in [0.05, 0.1) is 18.9 Å². The minimum absolute atomic E-state index is 0.259. The molecule has 1 rings (SSSR count). The largest absolute Gasteiger partial charge is 0.481 e. The molecule has 0 radical (unpaired) electrons. The summed E-state index contributed by atoms with van der Waals surface area (Å²) < 4.78 is 0. The SMILES string of the molecule is CON(C)C(=O)[C@@H]1C[C@H]1C(=O)O. The highest BCUT2D eigenvalue weighted by Gasteiger charge is 2.49. The number of carbonyl (C=O) groups is 2. The van der Waals surface area contributed by atoms with Crippen molar-refractivity contribution in [3.05, 3.63) is 0 Å². The van der Waals surface area contributed by atoms with E-state index in [1.165, 1.54) is 14.2 Å². The van der Waals surface area contributed by atoms with E-state index in [4.69, 9.17) is 5.11 Å². The Hall–Kier alpha value is -1.10. The summed E-state index contributed by atoms with van der Waals surface area (Å²) in [7, 11) is 2.84. The molecule has 0 unspecified atom stereocenters. The van der Waals surface area contributed by atoms with Crippen LogP contribution in [0, 0.1) is 11.8 Å². The first kappa shape index (κ1) is 8.99. The molecule has 1 saturated carbocycles. The fourth-order valence-corrected chi connectivity index (χ4v) is 1.06. The predicted octanol–water partition coefficient (Wildman–Crippen LogP) is -0.273. The first-order valence-electron chi connectivity index (χ1n) is 3.62. The van der Waals surface area contributed by atoms with E-state index in [1.807, 2.05) is 0 Å². The van der Waals surface area contributed by atoms with Crippen LogP contribution in [0.2, 0.25) is 0 Å². The van der Waals surface area contributed by atoms with Crippen molar-refractivity contribution < 1.29 is 19.5 Å². The van der Waals surface area contributed by atoms with Crippen LogP contribution in [-0.2, 0) is 14.4 Å². The van der Waals surface area contributed by atoms with Crippen molar-refractivity contribution in [1.29, 1.82) is 0 Å². The second-order valence-corrected chi connectivity index (χ2v) is 2.81. The molecule has 68 valence electrons. The van der Waals surface area contributed by atoms with Gasteiger partial charge < -0.3 is 5.11 Å². The van der Waals surface area contributed by atoms with E-state index in [0.29, 0.717) is 6.42 Å². The van der Waals surface area contributed by atoms with Gasteiger partial charge in [-0.2, -0.15) is 0 Å². The van der Waals surface area contributed by atoms with Crippen LogP contribution in [0.1, 0.15) is 6.42 Å². The number of hydrogen-bond acceptors (Lipinski definition) is 3. The summed E-state index contributed by atoms with van der Waals surface area (Å²) in [6, 6.07) is 0. The number of carboxylic acids is 1. The summed E-state index contributed by atoms with van der Waals surface area (Å²) >= 11 is 0. The maximum absolute atomic E-state index is 11.2. The molecule has 1 N–H and O–H groups in total. The van der Waals surface area contributed by atoms with Gasteiger partial charge in [0, 0.05) is 7.05 Å². The fourth-order valence-electron chi connectivity index (χ4n) is 1.06. The van der Waals surface area contributed by atoms with Crippen LogP contribution in [0.3, 0.4) is 0 Å². The summed E-state index contributed by atoms with van der Waals surface area (Å²) in [5.41, 5.74) is 0. The molecule has 0 saturated heterocycles. The molecular formula is C7H11NO4. The number of carboxylic acid groups (broad SMARTS) is 1. The van der Waals surface area contributed by atoms with Crippen LogP contribution >= 0.6 is 0 Å². The average Bonchev–Trinajstić information content (AvgIpc) is 2.80. The topological polar surface area (TPSA) is 66.8 Å². The molecule has 0 aliphatic heterocycles. The Morgan fingerprint density at radius 2 is 2.08 bits per heavy atom. The summed E-state index contributed by atoms with van der Waals surface area (Å²) in [4.78, 5) is 26.2. The van der Waals surface area contributed by atoms with Crippen molar-refractivity contribution in [3.8, 4) is 0 Å². The first-order valence-corrected chi connectivity index (χ1v) is 3.62. The van der Waals surface area contributed by atoms with E-state index in [1.54, 1.807) is 0 Å². The van der Waals surface area contributed by atoms with Gasteiger partial charge in [-0.05, 0) is 6.42 Å². The zero-order chi connectivity index (χ0) is 9.30. The molecule has 0 aromatic carbocycles. The van der Waals surface area contributed by atoms with Crippen molar-refractivity contribution in [2.45, 2.75) is 6.42 Å². The van der Waals surface area contributed by atoms with Crippen LogP contribution in [0.4, 0.5) is 0 Å². The number of amides is 1. The van der Waals surface area contributed by atoms with Gasteiger partial charge in [-0.1, -0.05) is 0 Å². The van der Waals surface area contributed by atoms with Crippen molar-refractivity contribution in [2.75, 3.05) is 14.2 Å². The van der Waals surface area contributed by atoms with E-state index < -0.39 is 11.9 Å². The molecule has 5 heteroatoms. The summed E-state index contributed by atoms with van der Waals surface area (Å²) in [5, 5.41) is 9.58. The lowest BCUT2D eigenvalue weighted by Crippen LogP contribution is -2.28. The number of rotatable bonds is 3. The molecule has 2 atom stereocenters. The maximum atomic E-state index is 11.2. The Morgan fingerprint density at radius 1 is 1.50 bits per heavy atom. The highest BCUT2D eigenvalue weighted by atomic mass is 16.7. The lowest BCUT2D eigenvalue weighted by atomic mass is 10.3. The van der Waals surface area contributed by atoms with Crippen molar-refractivity contribution in [3.63, 3.8) is 0 Å². The molecule has 1 aliphatic carbocycles. The highest BCUT2D eigenvalue weighted by Crippen LogP contribution is 2.39. The Kier molecular flexibility index (Phi) is 2.32. The Morgan fingerprint density at radius 3 is 2.42 bits per heavy atom. The van der Waals surface area contributed by atoms with Gasteiger partial charge in [-0.25, -0.2) is 5.06 Å². The molecule has 1 amide bonds. The minimum Gasteiger partial charge on any atom is -0.481 e. The zero-order valence-electron chi connectivity index (χ0n) is 6.98. The number of carbonyl (C=O) groups excluding carboxylic acids is 1. The van der Waals surface area contributed by atoms with Crippen LogP contribution in [-0.4, -0.2) is 36.2 Å². The van der Waals surface area contributed by atoms with Gasteiger partial charge in [0.1, 0.15) is 0 Å². The highest BCUT2D eigenvalue weighted by molar-refractivity contribution is 5.88. The van der Waals surface area contributed by atoms with Gasteiger partial charge in [-0.3, -0.25) is 14.4 Å². The van der Waals surface area contributed by atoms with E-state index >= 15 is 0 Å². The summed E-state index contributed by atoms with van der Waals surface area (Å²) in [6.45, 7) is 0. The van der Waals surface area contributed by atoms with Crippen LogP contribution in [0.25, 0.3) is 0 Å². The quantitative estimate of drug-likeness (QED) is 0.596. The van der Waals surface area contributed by atoms with Crippen LogP contribution < -0.4 is 0 Å². The molecule has 1 fully saturated rings. The van der Waals surface area contributed by atoms with Crippen molar-refractivity contribution in [1.82, 2.24) is 5.06 Å². The third kappa shape index (κ3) is 1.55. The standard InChI is InChI=1S/C7H11NO4/c1-8(12-2)6(9)4-3-5(4)7(10)11/h4-5H,3H2,1-2H3,(H,10,11)/t4-,5-/m1/s1. The number of aliphatic carboxylic acids is 1. The third-order valence-corrected chi connectivity index (χ3v) is 2.01. The molecule has 0 spiro atoms. The number of hydrogen-bond donors (Lipinski definition) is 1. The molecular weight excluding hydrogens is 162 g/mol. The minimum atomic E-state index is -0.905. The first-order chi connectivity index (χ1) is 5.57. The lowest BCUT2D eigenvalue weighted by Gasteiger charge is -2.12. The maximum Gasteiger partial charge on any atom is 0.307 e. The van der Waals surface area contributed by atoms with Gasteiger partial charge in [0.25, 0.3) is 0 Å². The second-order valence-electron chi connectivity index (χ2n) is 2.81. The zero-order valence-corrected chi connectivity index (χ0v) is 6.98. The van der Waals surface area contributed by atoms with Gasteiger partial charge in [0.15, 0.2) is 0 Å². The van der Waals surface area contributed by atoms with E-state index in [9.17, 15) is 9.59 Å². The Bertz CT molecular complexity index is 215. The molecule has 0 aromatic rings. The average molecular weight is 173 g/mol. The van der Waals surface area contributed by atoms with E-state index in [2.05, 4.69) is 4.84 Å². The van der Waals surface area contributed by atoms with Gasteiger partial charge in [0.2, 0.25) is 5.91 Å². The van der Waals surface area contributed by atoms with E-state index in [0.717, 1.165) is 5.06 Å². The summed E-state index contributed by atoms with van der Waals surface area (Å²) in [6.07, 6.45) is 0.432. The fraction of sp³-hybridized carbons (Fsp3) is 0.714. The number of nitrogens with zero attached hydrogens (tertiary/aromatic N) is 1. The Labute approximate surface area is 69.9 Å². The smallest absolute Gasteiger partial charge is 0.307 e. The molecule has 12 heavy (non-hydrogen) atoms. The molecule has 5 nitrogen and oxygen atoms in total. The van der Waals surface area contributed by atoms with Crippen molar-refractivity contribution in [2.24, 2.45) is 11.8 Å². The predicted molar refractivity (Wildman–Crippen MR) is 39.0 cm³/mol. The van der Waals surface area contributed by atoms with Crippen LogP contribution in [0.5, 0.6) is 0 Å². The molecule has 0 aromatic heterocycles. The van der Waals surface area contributed by atoms with Crippen molar-refractivity contribution >= 4 is 11.9 Å². The second kappa shape index (κ2) is 3.10.